The molecule has 2 saturated heterocycles. The molecule has 0 unspecified atom stereocenters. The number of amides is 2. The zero-order chi connectivity index (χ0) is 16.4. The van der Waals surface area contributed by atoms with Crippen LogP contribution >= 0.6 is 0 Å². The lowest BCUT2D eigenvalue weighted by molar-refractivity contribution is -0.125. The molecule has 7 nitrogen and oxygen atoms in total. The molecule has 1 aromatic rings. The van der Waals surface area contributed by atoms with Crippen molar-refractivity contribution in [3.63, 3.8) is 0 Å². The summed E-state index contributed by atoms with van der Waals surface area (Å²) >= 11 is 0. The van der Waals surface area contributed by atoms with Crippen LogP contribution in [-0.4, -0.2) is 50.4 Å². The van der Waals surface area contributed by atoms with Crippen molar-refractivity contribution in [1.82, 2.24) is 0 Å². The molecule has 2 amide bonds. The minimum atomic E-state index is -0.380. The molecule has 1 aromatic carbocycles. The smallest absolute Gasteiger partial charge is 0.414 e. The number of nitrogens with two attached hydrogens (primary N) is 1. The summed E-state index contributed by atoms with van der Waals surface area (Å²) < 4.78 is 10.4. The molecule has 0 bridgehead atoms. The summed E-state index contributed by atoms with van der Waals surface area (Å²) in [6.07, 6.45) is 0.0970. The van der Waals surface area contributed by atoms with E-state index in [2.05, 4.69) is 0 Å². The van der Waals surface area contributed by atoms with Crippen molar-refractivity contribution < 1.29 is 19.1 Å². The second-order valence-corrected chi connectivity index (χ2v) is 5.81. The highest BCUT2D eigenvalue weighted by molar-refractivity contribution is 5.95. The maximum atomic E-state index is 12.2. The molecule has 2 atom stereocenters. The Labute approximate surface area is 134 Å². The van der Waals surface area contributed by atoms with Crippen molar-refractivity contribution in [2.24, 2.45) is 5.73 Å². The van der Waals surface area contributed by atoms with Gasteiger partial charge in [0.25, 0.3) is 5.91 Å². The first-order chi connectivity index (χ1) is 11.1. The average molecular weight is 319 g/mol. The summed E-state index contributed by atoms with van der Waals surface area (Å²) in [7, 11) is 0. The standard InChI is InChI=1S/C16H21N3O4/c1-11-8-14(9-17)23-16(21)19(11)13-4-2-12(3-5-13)18-6-7-22-10-15(18)20/h2-5,11,14H,6-10,17H2,1H3/t11-,14+/m0/s1. The third kappa shape index (κ3) is 3.16. The van der Waals surface area contributed by atoms with Crippen molar-refractivity contribution in [3.05, 3.63) is 24.3 Å². The fourth-order valence-corrected chi connectivity index (χ4v) is 3.00. The van der Waals surface area contributed by atoms with Gasteiger partial charge in [-0.1, -0.05) is 0 Å². The first-order valence-electron chi connectivity index (χ1n) is 7.78. The Morgan fingerprint density at radius 1 is 1.22 bits per heavy atom. The van der Waals surface area contributed by atoms with Crippen LogP contribution in [0.5, 0.6) is 0 Å². The van der Waals surface area contributed by atoms with Gasteiger partial charge in [0, 0.05) is 36.9 Å². The van der Waals surface area contributed by atoms with Gasteiger partial charge in [-0.25, -0.2) is 4.79 Å². The fraction of sp³-hybridized carbons (Fsp3) is 0.500. The molecule has 0 aromatic heterocycles. The number of carbonyl (C=O) groups excluding carboxylic acids is 2. The van der Waals surface area contributed by atoms with Crippen molar-refractivity contribution >= 4 is 23.4 Å². The summed E-state index contributed by atoms with van der Waals surface area (Å²) in [5.41, 5.74) is 7.14. The molecule has 0 aliphatic carbocycles. The molecule has 2 aliphatic rings. The monoisotopic (exact) mass is 319 g/mol. The second-order valence-electron chi connectivity index (χ2n) is 5.81. The van der Waals surface area contributed by atoms with E-state index in [0.717, 1.165) is 11.4 Å². The zero-order valence-electron chi connectivity index (χ0n) is 13.1. The Balaban J connectivity index is 1.76. The molecule has 2 N–H and O–H groups in total. The van der Waals surface area contributed by atoms with Gasteiger partial charge in [0.1, 0.15) is 12.7 Å². The molecule has 23 heavy (non-hydrogen) atoms. The molecule has 2 fully saturated rings. The number of hydrogen-bond donors (Lipinski definition) is 1. The van der Waals surface area contributed by atoms with Gasteiger partial charge in [0.15, 0.2) is 0 Å². The molecule has 7 heteroatoms. The van der Waals surface area contributed by atoms with Gasteiger partial charge >= 0.3 is 6.09 Å². The molecule has 2 aliphatic heterocycles. The molecule has 0 radical (unpaired) electrons. The predicted octanol–water partition coefficient (Wildman–Crippen LogP) is 1.11. The van der Waals surface area contributed by atoms with Gasteiger partial charge in [-0.3, -0.25) is 9.69 Å². The van der Waals surface area contributed by atoms with Crippen molar-refractivity contribution in [1.29, 1.82) is 0 Å². The van der Waals surface area contributed by atoms with Gasteiger partial charge in [-0.15, -0.1) is 0 Å². The minimum absolute atomic E-state index is 0.0145. The fourth-order valence-electron chi connectivity index (χ4n) is 3.00. The average Bonchev–Trinajstić information content (AvgIpc) is 2.55. The van der Waals surface area contributed by atoms with E-state index in [1.807, 2.05) is 31.2 Å². The maximum Gasteiger partial charge on any atom is 0.414 e. The first-order valence-corrected chi connectivity index (χ1v) is 7.78. The number of anilines is 2. The SMILES string of the molecule is C[C@H]1C[C@H](CN)OC(=O)N1c1ccc(N2CCOCC2=O)cc1. The van der Waals surface area contributed by atoms with E-state index in [1.54, 1.807) is 9.80 Å². The van der Waals surface area contributed by atoms with Gasteiger partial charge in [-0.2, -0.15) is 0 Å². The van der Waals surface area contributed by atoms with Crippen molar-refractivity contribution in [2.45, 2.75) is 25.5 Å². The van der Waals surface area contributed by atoms with E-state index in [9.17, 15) is 9.59 Å². The number of nitrogens with zero attached hydrogens (tertiary/aromatic N) is 2. The van der Waals surface area contributed by atoms with Crippen LogP contribution < -0.4 is 15.5 Å². The number of hydrogen-bond acceptors (Lipinski definition) is 5. The van der Waals surface area contributed by atoms with Crippen LogP contribution in [0.1, 0.15) is 13.3 Å². The number of morpholine rings is 1. The number of cyclic esters (lactones) is 1. The summed E-state index contributed by atoms with van der Waals surface area (Å²) in [5, 5.41) is 0. The van der Waals surface area contributed by atoms with Crippen LogP contribution in [0.3, 0.4) is 0 Å². The largest absolute Gasteiger partial charge is 0.444 e. The second kappa shape index (κ2) is 6.55. The van der Waals surface area contributed by atoms with Crippen molar-refractivity contribution in [3.8, 4) is 0 Å². The predicted molar refractivity (Wildman–Crippen MR) is 85.5 cm³/mol. The van der Waals surface area contributed by atoms with Gasteiger partial charge < -0.3 is 20.1 Å². The van der Waals surface area contributed by atoms with Crippen LogP contribution in [0.2, 0.25) is 0 Å². The van der Waals surface area contributed by atoms with E-state index < -0.39 is 0 Å². The molecule has 0 spiro atoms. The lowest BCUT2D eigenvalue weighted by atomic mass is 10.1. The summed E-state index contributed by atoms with van der Waals surface area (Å²) in [5.74, 6) is -0.0551. The highest BCUT2D eigenvalue weighted by Gasteiger charge is 2.33. The van der Waals surface area contributed by atoms with E-state index >= 15 is 0 Å². The Morgan fingerprint density at radius 2 is 1.91 bits per heavy atom. The molecule has 124 valence electrons. The normalized spacial score (nSPS) is 25.5. The van der Waals surface area contributed by atoms with Crippen LogP contribution in [0.25, 0.3) is 0 Å². The van der Waals surface area contributed by atoms with Crippen LogP contribution in [0.4, 0.5) is 16.2 Å². The molecule has 0 saturated carbocycles. The quantitative estimate of drug-likeness (QED) is 0.902. The lowest BCUT2D eigenvalue weighted by Gasteiger charge is -2.37. The Hall–Kier alpha value is -2.12. The first kappa shape index (κ1) is 15.8. The molecule has 2 heterocycles. The highest BCUT2D eigenvalue weighted by Crippen LogP contribution is 2.28. The topological polar surface area (TPSA) is 85.1 Å². The van der Waals surface area contributed by atoms with E-state index in [0.29, 0.717) is 26.1 Å². The molecule has 3 rings (SSSR count). The Kier molecular flexibility index (Phi) is 4.49. The van der Waals surface area contributed by atoms with Crippen LogP contribution in [0, 0.1) is 0 Å². The van der Waals surface area contributed by atoms with Crippen LogP contribution in [0.15, 0.2) is 24.3 Å². The number of benzene rings is 1. The number of ether oxygens (including phenoxy) is 2. The summed E-state index contributed by atoms with van der Waals surface area (Å²) in [6, 6.07) is 7.36. The Bertz CT molecular complexity index is 589. The van der Waals surface area contributed by atoms with Crippen LogP contribution in [-0.2, 0) is 14.3 Å². The minimum Gasteiger partial charge on any atom is -0.444 e. The van der Waals surface area contributed by atoms with Gasteiger partial charge in [-0.05, 0) is 31.2 Å². The zero-order valence-corrected chi connectivity index (χ0v) is 13.1. The Morgan fingerprint density at radius 3 is 2.52 bits per heavy atom. The molecular formula is C16H21N3O4. The van der Waals surface area contributed by atoms with Gasteiger partial charge in [0.05, 0.1) is 6.61 Å². The number of carbonyl (C=O) groups is 2. The third-order valence-electron chi connectivity index (χ3n) is 4.20. The lowest BCUT2D eigenvalue weighted by Crippen LogP contribution is -2.49. The summed E-state index contributed by atoms with van der Waals surface area (Å²) in [6.45, 7) is 3.49. The highest BCUT2D eigenvalue weighted by atomic mass is 16.6. The third-order valence-corrected chi connectivity index (χ3v) is 4.20. The van der Waals surface area contributed by atoms with E-state index in [-0.39, 0.29) is 30.8 Å². The molecular weight excluding hydrogens is 298 g/mol. The van der Waals surface area contributed by atoms with Crippen molar-refractivity contribution in [2.75, 3.05) is 36.1 Å². The number of rotatable bonds is 3. The summed E-state index contributed by atoms with van der Waals surface area (Å²) in [4.78, 5) is 27.4. The maximum absolute atomic E-state index is 12.2. The van der Waals surface area contributed by atoms with E-state index in [1.165, 1.54) is 0 Å². The van der Waals surface area contributed by atoms with E-state index in [4.69, 9.17) is 15.2 Å². The van der Waals surface area contributed by atoms with Gasteiger partial charge in [0.2, 0.25) is 0 Å².